The maximum absolute atomic E-state index is 13.3. The van der Waals surface area contributed by atoms with E-state index in [4.69, 9.17) is 18.9 Å². The predicted molar refractivity (Wildman–Crippen MR) is 78.7 cm³/mol. The van der Waals surface area contributed by atoms with E-state index in [0.717, 1.165) is 6.08 Å². The van der Waals surface area contributed by atoms with Crippen molar-refractivity contribution in [3.05, 3.63) is 24.0 Å². The number of carbonyl (C=O) groups is 3. The van der Waals surface area contributed by atoms with Gasteiger partial charge in [-0.15, -0.1) is 0 Å². The molecule has 0 aromatic heterocycles. The first-order valence-electron chi connectivity index (χ1n) is 7.65. The Bertz CT molecular complexity index is 752. The van der Waals surface area contributed by atoms with Crippen LogP contribution >= 0.6 is 0 Å². The molecule has 2 saturated heterocycles. The minimum Gasteiger partial charge on any atom is -0.493 e. The topological polar surface area (TPSA) is 88.1 Å². The lowest BCUT2D eigenvalue weighted by molar-refractivity contribution is -0.290. The number of allylic oxidation sites excluding steroid dienone is 1. The molecule has 24 heavy (non-hydrogen) atoms. The van der Waals surface area contributed by atoms with Gasteiger partial charge in [0.05, 0.1) is 25.7 Å². The van der Waals surface area contributed by atoms with E-state index in [9.17, 15) is 14.4 Å². The van der Waals surface area contributed by atoms with Gasteiger partial charge in [-0.1, -0.05) is 12.2 Å². The molecule has 1 saturated carbocycles. The number of hydrogen-bond acceptors (Lipinski definition) is 7. The number of rotatable bonds is 3. The van der Waals surface area contributed by atoms with Gasteiger partial charge < -0.3 is 18.9 Å². The van der Waals surface area contributed by atoms with Crippen LogP contribution < -0.4 is 0 Å². The van der Waals surface area contributed by atoms with Crippen LogP contribution in [0.3, 0.4) is 0 Å². The number of ketones is 2. The highest BCUT2D eigenvalue weighted by molar-refractivity contribution is 6.21. The van der Waals surface area contributed by atoms with Crippen molar-refractivity contribution in [2.45, 2.75) is 12.5 Å². The number of esters is 1. The molecule has 7 heteroatoms. The summed E-state index contributed by atoms with van der Waals surface area (Å²) in [4.78, 5) is 39.1. The third-order valence-corrected chi connectivity index (χ3v) is 6.55. The monoisotopic (exact) mass is 334 g/mol. The zero-order valence-electron chi connectivity index (χ0n) is 13.8. The quantitative estimate of drug-likeness (QED) is 0.538. The number of fused-ring (bicyclic) bond motifs is 1. The van der Waals surface area contributed by atoms with Crippen LogP contribution in [0, 0.1) is 16.2 Å². The van der Waals surface area contributed by atoms with Gasteiger partial charge in [-0.25, -0.2) is 0 Å². The molecule has 4 rings (SSSR count). The highest BCUT2D eigenvalue weighted by Gasteiger charge is 3.00. The number of cyclic esters (lactones) is 1. The maximum Gasteiger partial charge on any atom is 0.316 e. The molecule has 0 aromatic rings. The molecule has 4 atom stereocenters. The van der Waals surface area contributed by atoms with Crippen LogP contribution in [0.1, 0.15) is 6.92 Å². The Hall–Kier alpha value is -1.99. The molecular weight excluding hydrogens is 316 g/mol. The number of hydrogen-bond donors (Lipinski definition) is 0. The van der Waals surface area contributed by atoms with E-state index in [-0.39, 0.29) is 25.6 Å². The smallest absolute Gasteiger partial charge is 0.316 e. The van der Waals surface area contributed by atoms with E-state index in [1.807, 2.05) is 0 Å². The van der Waals surface area contributed by atoms with Crippen molar-refractivity contribution in [2.75, 3.05) is 34.0 Å². The summed E-state index contributed by atoms with van der Waals surface area (Å²) >= 11 is 0. The van der Waals surface area contributed by atoms with Crippen LogP contribution in [-0.2, 0) is 33.3 Å². The molecular formula is C17H18O7. The van der Waals surface area contributed by atoms with Crippen molar-refractivity contribution in [3.8, 4) is 0 Å². The van der Waals surface area contributed by atoms with Crippen molar-refractivity contribution in [1.82, 2.24) is 0 Å². The molecule has 2 aliphatic heterocycles. The zero-order chi connectivity index (χ0) is 17.5. The first-order chi connectivity index (χ1) is 11.3. The second-order valence-corrected chi connectivity index (χ2v) is 6.86. The molecule has 0 aromatic carbocycles. The Morgan fingerprint density at radius 3 is 2.42 bits per heavy atom. The molecule has 7 nitrogen and oxygen atoms in total. The van der Waals surface area contributed by atoms with E-state index >= 15 is 0 Å². The second kappa shape index (κ2) is 4.15. The number of carbonyl (C=O) groups excluding carboxylic acids is 3. The fourth-order valence-electron chi connectivity index (χ4n) is 5.73. The normalized spacial score (nSPS) is 45.6. The average molecular weight is 334 g/mol. The second-order valence-electron chi connectivity index (χ2n) is 6.86. The Morgan fingerprint density at radius 2 is 1.83 bits per heavy atom. The summed E-state index contributed by atoms with van der Waals surface area (Å²) in [5.41, 5.74) is -4.96. The predicted octanol–water partition coefficient (Wildman–Crippen LogP) is 0.190. The fraction of sp³-hybridized carbons (Fsp3) is 0.588. The van der Waals surface area contributed by atoms with Crippen molar-refractivity contribution < 1.29 is 33.3 Å². The molecule has 0 amide bonds. The van der Waals surface area contributed by atoms with E-state index in [1.54, 1.807) is 6.92 Å². The summed E-state index contributed by atoms with van der Waals surface area (Å²) < 4.78 is 21.8. The SMILES string of the molecule is C=C(C)C12COC(=O)C13COCC31C(=O)C=C(OC)C(=O)C21OC. The first kappa shape index (κ1) is 15.5. The Kier molecular flexibility index (Phi) is 2.69. The van der Waals surface area contributed by atoms with Gasteiger partial charge in [0.25, 0.3) is 0 Å². The molecule has 0 radical (unpaired) electrons. The molecule has 2 heterocycles. The Balaban J connectivity index is 2.13. The summed E-state index contributed by atoms with van der Waals surface area (Å²) in [6.45, 7) is 5.56. The van der Waals surface area contributed by atoms with E-state index < -0.39 is 39.4 Å². The van der Waals surface area contributed by atoms with Crippen LogP contribution in [-0.4, -0.2) is 57.2 Å². The highest BCUT2D eigenvalue weighted by Crippen LogP contribution is 2.83. The van der Waals surface area contributed by atoms with Crippen LogP contribution in [0.25, 0.3) is 0 Å². The number of Topliss-reactive ketones (excluding diaryl/α,β-unsaturated/α-hetero) is 1. The minimum absolute atomic E-state index is 0.00101. The summed E-state index contributed by atoms with van der Waals surface area (Å²) in [5, 5.41) is 0. The van der Waals surface area contributed by atoms with Crippen LogP contribution in [0.2, 0.25) is 0 Å². The molecule has 3 fully saturated rings. The van der Waals surface area contributed by atoms with Gasteiger partial charge in [0.15, 0.2) is 17.1 Å². The van der Waals surface area contributed by atoms with Gasteiger partial charge in [0.1, 0.15) is 17.4 Å². The lowest BCUT2D eigenvalue weighted by Crippen LogP contribution is -2.89. The minimum atomic E-state index is -1.62. The fourth-order valence-corrected chi connectivity index (χ4v) is 5.73. The summed E-state index contributed by atoms with van der Waals surface area (Å²) in [6.07, 6.45) is 1.14. The van der Waals surface area contributed by atoms with Gasteiger partial charge in [0, 0.05) is 13.2 Å². The maximum atomic E-state index is 13.3. The average Bonchev–Trinajstić information content (AvgIpc) is 3.03. The van der Waals surface area contributed by atoms with E-state index in [2.05, 4.69) is 6.58 Å². The molecule has 4 unspecified atom stereocenters. The standard InChI is InChI=1S/C17H18O7/c1-9(2)14-8-24-13(20)16(14)7-23-6-15(16)11(18)5-10(21-3)12(19)17(14,15)22-4/h5H,1,6-8H2,2-4H3. The van der Waals surface area contributed by atoms with Crippen LogP contribution in [0.5, 0.6) is 0 Å². The third-order valence-electron chi connectivity index (χ3n) is 6.55. The van der Waals surface area contributed by atoms with Gasteiger partial charge in [-0.2, -0.15) is 0 Å². The molecule has 2 spiro atoms. The van der Waals surface area contributed by atoms with Gasteiger partial charge >= 0.3 is 5.97 Å². The molecule has 0 N–H and O–H groups in total. The number of ether oxygens (including phenoxy) is 4. The number of methoxy groups -OCH3 is 2. The van der Waals surface area contributed by atoms with Crippen molar-refractivity contribution in [3.63, 3.8) is 0 Å². The van der Waals surface area contributed by atoms with Crippen molar-refractivity contribution >= 4 is 17.5 Å². The molecule has 128 valence electrons. The van der Waals surface area contributed by atoms with Crippen LogP contribution in [0.4, 0.5) is 0 Å². The van der Waals surface area contributed by atoms with E-state index in [1.165, 1.54) is 14.2 Å². The summed E-state index contributed by atoms with van der Waals surface area (Å²) in [6, 6.07) is 0. The lowest BCUT2D eigenvalue weighted by Gasteiger charge is -2.71. The van der Waals surface area contributed by atoms with Gasteiger partial charge in [-0.3, -0.25) is 14.4 Å². The largest absolute Gasteiger partial charge is 0.493 e. The Morgan fingerprint density at radius 1 is 1.17 bits per heavy atom. The van der Waals surface area contributed by atoms with E-state index in [0.29, 0.717) is 5.57 Å². The van der Waals surface area contributed by atoms with Gasteiger partial charge in [-0.05, 0) is 6.92 Å². The van der Waals surface area contributed by atoms with Crippen molar-refractivity contribution in [2.24, 2.45) is 16.2 Å². The van der Waals surface area contributed by atoms with Gasteiger partial charge in [0.2, 0.25) is 5.78 Å². The van der Waals surface area contributed by atoms with Crippen LogP contribution in [0.15, 0.2) is 24.0 Å². The van der Waals surface area contributed by atoms with Crippen molar-refractivity contribution in [1.29, 1.82) is 0 Å². The molecule has 2 aliphatic carbocycles. The molecule has 0 bridgehead atoms. The lowest BCUT2D eigenvalue weighted by atomic mass is 9.26. The summed E-state index contributed by atoms with van der Waals surface area (Å²) in [5.74, 6) is -1.51. The summed E-state index contributed by atoms with van der Waals surface area (Å²) in [7, 11) is 2.68. The zero-order valence-corrected chi connectivity index (χ0v) is 13.8. The highest BCUT2D eigenvalue weighted by atomic mass is 16.6. The first-order valence-corrected chi connectivity index (χ1v) is 7.65. The molecule has 4 aliphatic rings. The third kappa shape index (κ3) is 1.00. The Labute approximate surface area is 138 Å².